The van der Waals surface area contributed by atoms with Crippen molar-refractivity contribution >= 4 is 11.8 Å². The summed E-state index contributed by atoms with van der Waals surface area (Å²) in [6.45, 7) is 0.577. The highest BCUT2D eigenvalue weighted by atomic mass is 16.3. The molecule has 1 atom stereocenters. The number of hydrogen-bond acceptors (Lipinski definition) is 4. The van der Waals surface area contributed by atoms with Crippen LogP contribution in [0.15, 0.2) is 24.5 Å². The molecule has 126 valence electrons. The number of nitrogens with zero attached hydrogens (tertiary/aromatic N) is 2. The molecular weight excluding hydrogens is 294 g/mol. The number of likely N-dealkylation sites (tertiary alicyclic amines) is 1. The summed E-state index contributed by atoms with van der Waals surface area (Å²) in [5.74, 6) is -0.165. The van der Waals surface area contributed by atoms with E-state index in [0.29, 0.717) is 19.4 Å². The second kappa shape index (κ2) is 9.25. The van der Waals surface area contributed by atoms with Gasteiger partial charge in [0.2, 0.25) is 11.8 Å². The van der Waals surface area contributed by atoms with Crippen LogP contribution in [0.1, 0.15) is 37.7 Å². The molecule has 1 saturated heterocycles. The molecule has 23 heavy (non-hydrogen) atoms. The quantitative estimate of drug-likeness (QED) is 0.816. The van der Waals surface area contributed by atoms with Gasteiger partial charge in [0.05, 0.1) is 19.2 Å². The standard InChI is InChI=1S/C17H25N3O3/c21-13-15(11-14-6-8-18-9-7-14)19-16(22)12-20-10-4-2-1-3-5-17(20)23/h6-9,15,21H,1-5,10-13H2,(H,19,22). The molecule has 6 nitrogen and oxygen atoms in total. The van der Waals surface area contributed by atoms with E-state index in [1.54, 1.807) is 17.3 Å². The lowest BCUT2D eigenvalue weighted by molar-refractivity contribution is -0.136. The van der Waals surface area contributed by atoms with Crippen molar-refractivity contribution in [3.8, 4) is 0 Å². The van der Waals surface area contributed by atoms with Gasteiger partial charge in [0.15, 0.2) is 0 Å². The molecule has 2 heterocycles. The van der Waals surface area contributed by atoms with Gasteiger partial charge in [0.25, 0.3) is 0 Å². The van der Waals surface area contributed by atoms with Crippen molar-refractivity contribution in [1.29, 1.82) is 0 Å². The number of amides is 2. The second-order valence-corrected chi connectivity index (χ2v) is 5.99. The van der Waals surface area contributed by atoms with Crippen molar-refractivity contribution in [2.24, 2.45) is 0 Å². The van der Waals surface area contributed by atoms with Crippen LogP contribution in [0.2, 0.25) is 0 Å². The third-order valence-corrected chi connectivity index (χ3v) is 4.07. The number of carbonyl (C=O) groups is 2. The molecule has 6 heteroatoms. The largest absolute Gasteiger partial charge is 0.394 e. The topological polar surface area (TPSA) is 82.5 Å². The van der Waals surface area contributed by atoms with Gasteiger partial charge in [-0.25, -0.2) is 0 Å². The number of aliphatic hydroxyl groups excluding tert-OH is 1. The highest BCUT2D eigenvalue weighted by molar-refractivity contribution is 5.85. The summed E-state index contributed by atoms with van der Waals surface area (Å²) >= 11 is 0. The SMILES string of the molecule is O=C(CN1CCCCCCC1=O)NC(CO)Cc1ccncc1. The van der Waals surface area contributed by atoms with Gasteiger partial charge in [0, 0.05) is 25.4 Å². The normalized spacial score (nSPS) is 17.3. The van der Waals surface area contributed by atoms with Crippen LogP contribution in [0.4, 0.5) is 0 Å². The van der Waals surface area contributed by atoms with Crippen molar-refractivity contribution in [3.63, 3.8) is 0 Å². The molecule has 0 saturated carbocycles. The van der Waals surface area contributed by atoms with Crippen molar-refractivity contribution in [2.45, 2.75) is 44.6 Å². The molecule has 0 aromatic carbocycles. The fourth-order valence-electron chi connectivity index (χ4n) is 2.79. The lowest BCUT2D eigenvalue weighted by Gasteiger charge is -2.25. The summed E-state index contributed by atoms with van der Waals surface area (Å²) in [5.41, 5.74) is 1.00. The molecule has 1 aliphatic heterocycles. The molecule has 2 N–H and O–H groups in total. The van der Waals surface area contributed by atoms with Crippen LogP contribution < -0.4 is 5.32 Å². The molecular formula is C17H25N3O3. The highest BCUT2D eigenvalue weighted by Crippen LogP contribution is 2.11. The van der Waals surface area contributed by atoms with E-state index >= 15 is 0 Å². The van der Waals surface area contributed by atoms with Crippen LogP contribution in [0.5, 0.6) is 0 Å². The Bertz CT molecular complexity index is 507. The van der Waals surface area contributed by atoms with Crippen LogP contribution in [0.3, 0.4) is 0 Å². The molecule has 2 amide bonds. The summed E-state index contributed by atoms with van der Waals surface area (Å²) in [5, 5.41) is 12.3. The number of rotatable bonds is 6. The third-order valence-electron chi connectivity index (χ3n) is 4.07. The fourth-order valence-corrected chi connectivity index (χ4v) is 2.79. The minimum Gasteiger partial charge on any atom is -0.394 e. The molecule has 0 aliphatic carbocycles. The zero-order chi connectivity index (χ0) is 16.5. The van der Waals surface area contributed by atoms with Gasteiger partial charge in [-0.15, -0.1) is 0 Å². The Morgan fingerprint density at radius 3 is 2.74 bits per heavy atom. The van der Waals surface area contributed by atoms with Crippen LogP contribution >= 0.6 is 0 Å². The molecule has 1 fully saturated rings. The lowest BCUT2D eigenvalue weighted by Crippen LogP contribution is -2.46. The monoisotopic (exact) mass is 319 g/mol. The predicted molar refractivity (Wildman–Crippen MR) is 86.6 cm³/mol. The first-order valence-corrected chi connectivity index (χ1v) is 8.26. The van der Waals surface area contributed by atoms with Gasteiger partial charge in [-0.1, -0.05) is 12.8 Å². The van der Waals surface area contributed by atoms with Gasteiger partial charge in [-0.3, -0.25) is 14.6 Å². The summed E-state index contributed by atoms with van der Waals surface area (Å²) < 4.78 is 0. The van der Waals surface area contributed by atoms with Gasteiger partial charge in [0.1, 0.15) is 0 Å². The van der Waals surface area contributed by atoms with Gasteiger partial charge < -0.3 is 15.3 Å². The first-order valence-electron chi connectivity index (χ1n) is 8.26. The van der Waals surface area contributed by atoms with Crippen molar-refractivity contribution < 1.29 is 14.7 Å². The summed E-state index contributed by atoms with van der Waals surface area (Å²) in [4.78, 5) is 29.8. The average Bonchev–Trinajstić information content (AvgIpc) is 2.55. The van der Waals surface area contributed by atoms with E-state index in [1.807, 2.05) is 12.1 Å². The molecule has 2 rings (SSSR count). The number of pyridine rings is 1. The Balaban J connectivity index is 1.85. The summed E-state index contributed by atoms with van der Waals surface area (Å²) in [6.07, 6.45) is 8.47. The van der Waals surface area contributed by atoms with Crippen LogP contribution in [0.25, 0.3) is 0 Å². The van der Waals surface area contributed by atoms with Gasteiger partial charge in [-0.05, 0) is 37.0 Å². The maximum absolute atomic E-state index is 12.2. The zero-order valence-electron chi connectivity index (χ0n) is 13.4. The van der Waals surface area contributed by atoms with E-state index in [4.69, 9.17) is 0 Å². The third kappa shape index (κ3) is 5.98. The Morgan fingerprint density at radius 1 is 1.26 bits per heavy atom. The predicted octanol–water partition coefficient (Wildman–Crippen LogP) is 0.894. The van der Waals surface area contributed by atoms with E-state index in [-0.39, 0.29) is 31.0 Å². The summed E-state index contributed by atoms with van der Waals surface area (Å²) in [7, 11) is 0. The molecule has 0 bridgehead atoms. The Morgan fingerprint density at radius 2 is 2.00 bits per heavy atom. The molecule has 1 aliphatic rings. The van der Waals surface area contributed by atoms with E-state index in [9.17, 15) is 14.7 Å². The Hall–Kier alpha value is -1.95. The highest BCUT2D eigenvalue weighted by Gasteiger charge is 2.20. The van der Waals surface area contributed by atoms with E-state index in [0.717, 1.165) is 31.2 Å². The first kappa shape index (κ1) is 17.4. The number of carbonyl (C=O) groups excluding carboxylic acids is 2. The number of hydrogen-bond donors (Lipinski definition) is 2. The van der Waals surface area contributed by atoms with E-state index < -0.39 is 0 Å². The van der Waals surface area contributed by atoms with Gasteiger partial charge >= 0.3 is 0 Å². The molecule has 1 aromatic heterocycles. The minimum absolute atomic E-state index is 0.0505. The van der Waals surface area contributed by atoms with Crippen LogP contribution in [0, 0.1) is 0 Å². The molecule has 1 unspecified atom stereocenters. The van der Waals surface area contributed by atoms with Crippen LogP contribution in [-0.4, -0.2) is 52.5 Å². The Labute approximate surface area is 136 Å². The number of aliphatic hydroxyl groups is 1. The fraction of sp³-hybridized carbons (Fsp3) is 0.588. The zero-order valence-corrected chi connectivity index (χ0v) is 13.4. The first-order chi connectivity index (χ1) is 11.2. The van der Waals surface area contributed by atoms with Crippen LogP contribution in [-0.2, 0) is 16.0 Å². The maximum atomic E-state index is 12.2. The van der Waals surface area contributed by atoms with Crippen molar-refractivity contribution in [2.75, 3.05) is 19.7 Å². The lowest BCUT2D eigenvalue weighted by atomic mass is 10.1. The Kier molecular flexibility index (Phi) is 7.00. The smallest absolute Gasteiger partial charge is 0.239 e. The van der Waals surface area contributed by atoms with E-state index in [2.05, 4.69) is 10.3 Å². The van der Waals surface area contributed by atoms with Crippen molar-refractivity contribution in [3.05, 3.63) is 30.1 Å². The average molecular weight is 319 g/mol. The number of aromatic nitrogens is 1. The van der Waals surface area contributed by atoms with Crippen molar-refractivity contribution in [1.82, 2.24) is 15.2 Å². The second-order valence-electron chi connectivity index (χ2n) is 5.99. The van der Waals surface area contributed by atoms with E-state index in [1.165, 1.54) is 0 Å². The molecule has 0 radical (unpaired) electrons. The summed E-state index contributed by atoms with van der Waals surface area (Å²) in [6, 6.07) is 3.36. The number of nitrogens with one attached hydrogen (secondary N) is 1. The minimum atomic E-state index is -0.352. The maximum Gasteiger partial charge on any atom is 0.239 e. The van der Waals surface area contributed by atoms with Gasteiger partial charge in [-0.2, -0.15) is 0 Å². The molecule has 0 spiro atoms. The molecule has 1 aromatic rings.